The Kier molecular flexibility index (Phi) is 9.19. The van der Waals surface area contributed by atoms with Gasteiger partial charge in [0.1, 0.15) is 0 Å². The summed E-state index contributed by atoms with van der Waals surface area (Å²) in [6.07, 6.45) is 0. The predicted molar refractivity (Wildman–Crippen MR) is 130 cm³/mol. The summed E-state index contributed by atoms with van der Waals surface area (Å²) in [7, 11) is 12.2. The molecule has 134 valence electrons. The lowest BCUT2D eigenvalue weighted by molar-refractivity contribution is 1.08. The molecule has 0 aromatic heterocycles. The Morgan fingerprint density at radius 2 is 1.21 bits per heavy atom. The SMILES string of the molecule is CN(C)c1ccc(-c2ccc(N(C)C)c(N(C)C)c2N)cc1.I.I. The zero-order chi connectivity index (χ0) is 16.4. The van der Waals surface area contributed by atoms with E-state index in [4.69, 9.17) is 5.73 Å². The molecule has 0 aliphatic rings. The monoisotopic (exact) mass is 554 g/mol. The molecule has 0 fully saturated rings. The molecule has 0 saturated heterocycles. The number of hydrogen-bond acceptors (Lipinski definition) is 4. The molecular formula is C18H28I2N4. The molecule has 2 aromatic carbocycles. The number of benzene rings is 2. The van der Waals surface area contributed by atoms with Crippen LogP contribution in [0.1, 0.15) is 0 Å². The van der Waals surface area contributed by atoms with Crippen LogP contribution < -0.4 is 20.4 Å². The second-order valence-corrected chi connectivity index (χ2v) is 6.12. The van der Waals surface area contributed by atoms with E-state index in [1.807, 2.05) is 42.3 Å². The molecule has 0 radical (unpaired) electrons. The van der Waals surface area contributed by atoms with E-state index in [-0.39, 0.29) is 48.0 Å². The minimum atomic E-state index is 0. The highest BCUT2D eigenvalue weighted by Gasteiger charge is 2.15. The Bertz CT molecular complexity index is 653. The van der Waals surface area contributed by atoms with Crippen LogP contribution in [0.5, 0.6) is 0 Å². The molecular weight excluding hydrogens is 526 g/mol. The van der Waals surface area contributed by atoms with Crippen molar-refractivity contribution in [1.82, 2.24) is 0 Å². The molecule has 0 atom stereocenters. The maximum Gasteiger partial charge on any atom is 0.0838 e. The van der Waals surface area contributed by atoms with E-state index in [0.717, 1.165) is 28.2 Å². The van der Waals surface area contributed by atoms with E-state index < -0.39 is 0 Å². The third-order valence-corrected chi connectivity index (χ3v) is 3.82. The van der Waals surface area contributed by atoms with Gasteiger partial charge in [0.25, 0.3) is 0 Å². The number of nitrogen functional groups attached to an aromatic ring is 1. The first-order valence-electron chi connectivity index (χ1n) is 7.37. The lowest BCUT2D eigenvalue weighted by Gasteiger charge is -2.26. The standard InChI is InChI=1S/C18H26N4.2HI/c1-20(2)14-9-7-13(8-10-14)15-11-12-16(21(3)4)18(17(15)19)22(5)6;;/h7-12H,19H2,1-6H3;2*1H. The van der Waals surface area contributed by atoms with Crippen molar-refractivity contribution in [2.24, 2.45) is 0 Å². The lowest BCUT2D eigenvalue weighted by atomic mass is 10.0. The van der Waals surface area contributed by atoms with E-state index >= 15 is 0 Å². The van der Waals surface area contributed by atoms with E-state index in [9.17, 15) is 0 Å². The molecule has 0 amide bonds. The molecule has 4 nitrogen and oxygen atoms in total. The summed E-state index contributed by atoms with van der Waals surface area (Å²) in [6.45, 7) is 0. The molecule has 0 aliphatic heterocycles. The Labute approximate surface area is 180 Å². The van der Waals surface area contributed by atoms with Gasteiger partial charge in [-0.2, -0.15) is 0 Å². The third-order valence-electron chi connectivity index (χ3n) is 3.82. The van der Waals surface area contributed by atoms with Crippen molar-refractivity contribution in [3.63, 3.8) is 0 Å². The quantitative estimate of drug-likeness (QED) is 0.450. The van der Waals surface area contributed by atoms with Gasteiger partial charge in [-0.3, -0.25) is 0 Å². The summed E-state index contributed by atoms with van der Waals surface area (Å²) in [4.78, 5) is 6.25. The second-order valence-electron chi connectivity index (χ2n) is 6.12. The maximum atomic E-state index is 6.47. The molecule has 0 unspecified atom stereocenters. The molecule has 0 spiro atoms. The highest BCUT2D eigenvalue weighted by molar-refractivity contribution is 14.0. The number of anilines is 4. The van der Waals surface area contributed by atoms with Crippen LogP contribution in [-0.2, 0) is 0 Å². The van der Waals surface area contributed by atoms with Crippen LogP contribution >= 0.6 is 48.0 Å². The largest absolute Gasteiger partial charge is 0.396 e. The second kappa shape index (κ2) is 9.55. The number of rotatable bonds is 4. The molecule has 0 saturated carbocycles. The van der Waals surface area contributed by atoms with E-state index in [0.29, 0.717) is 0 Å². The minimum Gasteiger partial charge on any atom is -0.396 e. The molecule has 0 bridgehead atoms. The molecule has 6 heteroatoms. The first-order valence-corrected chi connectivity index (χ1v) is 7.37. The van der Waals surface area contributed by atoms with E-state index in [2.05, 4.69) is 51.1 Å². The highest BCUT2D eigenvalue weighted by Crippen LogP contribution is 2.40. The van der Waals surface area contributed by atoms with Gasteiger partial charge in [0.2, 0.25) is 0 Å². The van der Waals surface area contributed by atoms with Crippen molar-refractivity contribution in [3.05, 3.63) is 36.4 Å². The summed E-state index contributed by atoms with van der Waals surface area (Å²) in [5, 5.41) is 0. The molecule has 2 aromatic rings. The Balaban J connectivity index is 0.00000264. The summed E-state index contributed by atoms with van der Waals surface area (Å²) < 4.78 is 0. The molecule has 0 heterocycles. The molecule has 2 rings (SSSR count). The zero-order valence-corrected chi connectivity index (χ0v) is 19.9. The average Bonchev–Trinajstić information content (AvgIpc) is 2.46. The topological polar surface area (TPSA) is 35.7 Å². The summed E-state index contributed by atoms with van der Waals surface area (Å²) in [6, 6.07) is 12.7. The predicted octanol–water partition coefficient (Wildman–Crippen LogP) is 4.37. The normalized spacial score (nSPS) is 9.58. The van der Waals surface area contributed by atoms with Crippen molar-refractivity contribution in [2.45, 2.75) is 0 Å². The van der Waals surface area contributed by atoms with E-state index in [1.54, 1.807) is 0 Å². The van der Waals surface area contributed by atoms with Crippen molar-refractivity contribution < 1.29 is 0 Å². The van der Waals surface area contributed by atoms with Gasteiger partial charge < -0.3 is 20.4 Å². The summed E-state index contributed by atoms with van der Waals surface area (Å²) in [5.41, 5.74) is 12.8. The van der Waals surface area contributed by atoms with Crippen LogP contribution in [0, 0.1) is 0 Å². The van der Waals surface area contributed by atoms with Gasteiger partial charge in [0, 0.05) is 53.5 Å². The van der Waals surface area contributed by atoms with Gasteiger partial charge in [0.05, 0.1) is 17.1 Å². The number of nitrogens with two attached hydrogens (primary N) is 1. The van der Waals surface area contributed by atoms with Crippen LogP contribution in [0.25, 0.3) is 11.1 Å². The fourth-order valence-electron chi connectivity index (χ4n) is 2.62. The van der Waals surface area contributed by atoms with Gasteiger partial charge in [0.15, 0.2) is 0 Å². The van der Waals surface area contributed by atoms with Gasteiger partial charge in [-0.1, -0.05) is 18.2 Å². The van der Waals surface area contributed by atoms with Gasteiger partial charge in [-0.05, 0) is 23.8 Å². The van der Waals surface area contributed by atoms with Crippen molar-refractivity contribution in [2.75, 3.05) is 62.7 Å². The lowest BCUT2D eigenvalue weighted by Crippen LogP contribution is -2.18. The first-order chi connectivity index (χ1) is 10.3. The van der Waals surface area contributed by atoms with Crippen LogP contribution in [-0.4, -0.2) is 42.3 Å². The van der Waals surface area contributed by atoms with Crippen molar-refractivity contribution in [1.29, 1.82) is 0 Å². The minimum absolute atomic E-state index is 0. The smallest absolute Gasteiger partial charge is 0.0838 e. The Hall–Kier alpha value is -0.900. The number of hydrogen-bond donors (Lipinski definition) is 1. The van der Waals surface area contributed by atoms with Gasteiger partial charge >= 0.3 is 0 Å². The average molecular weight is 554 g/mol. The summed E-state index contributed by atoms with van der Waals surface area (Å²) in [5.74, 6) is 0. The number of halogens is 2. The first kappa shape index (κ1) is 23.1. The van der Waals surface area contributed by atoms with Crippen LogP contribution in [0.4, 0.5) is 22.7 Å². The zero-order valence-electron chi connectivity index (χ0n) is 15.2. The Morgan fingerprint density at radius 3 is 1.62 bits per heavy atom. The Morgan fingerprint density at radius 1 is 0.667 bits per heavy atom. The summed E-state index contributed by atoms with van der Waals surface area (Å²) >= 11 is 0. The van der Waals surface area contributed by atoms with Crippen molar-refractivity contribution >= 4 is 70.7 Å². The van der Waals surface area contributed by atoms with E-state index in [1.165, 1.54) is 5.69 Å². The van der Waals surface area contributed by atoms with Crippen LogP contribution in [0.15, 0.2) is 36.4 Å². The molecule has 0 aliphatic carbocycles. The number of nitrogens with zero attached hydrogens (tertiary/aromatic N) is 3. The fourth-order valence-corrected chi connectivity index (χ4v) is 2.62. The molecule has 24 heavy (non-hydrogen) atoms. The maximum absolute atomic E-state index is 6.47. The van der Waals surface area contributed by atoms with Crippen LogP contribution in [0.3, 0.4) is 0 Å². The fraction of sp³-hybridized carbons (Fsp3) is 0.333. The van der Waals surface area contributed by atoms with Crippen molar-refractivity contribution in [3.8, 4) is 11.1 Å². The van der Waals surface area contributed by atoms with Gasteiger partial charge in [-0.25, -0.2) is 0 Å². The third kappa shape index (κ3) is 4.81. The molecule has 2 N–H and O–H groups in total. The highest BCUT2D eigenvalue weighted by atomic mass is 127. The van der Waals surface area contributed by atoms with Crippen LogP contribution in [0.2, 0.25) is 0 Å². The van der Waals surface area contributed by atoms with Gasteiger partial charge in [-0.15, -0.1) is 48.0 Å².